The molecule has 2 aromatic heterocycles. The fourth-order valence-electron chi connectivity index (χ4n) is 8.10. The molecule has 0 spiro atoms. The van der Waals surface area contributed by atoms with Gasteiger partial charge in [0.1, 0.15) is 22.9 Å². The van der Waals surface area contributed by atoms with Crippen molar-refractivity contribution in [3.63, 3.8) is 0 Å². The van der Waals surface area contributed by atoms with E-state index in [0.717, 1.165) is 111 Å². The van der Waals surface area contributed by atoms with Gasteiger partial charge in [0.15, 0.2) is 0 Å². The molecular formula is C48H63N2NaO11. The number of aliphatic carboxylic acids is 1. The first-order chi connectivity index (χ1) is 28.9. The Kier molecular flexibility index (Phi) is 18.0. The molecule has 8 rings (SSSR count). The number of carbonyl (C=O) groups is 2. The zero-order valence-electron chi connectivity index (χ0n) is 37.4. The van der Waals surface area contributed by atoms with E-state index in [1.807, 2.05) is 58.0 Å². The number of hydrogen-bond donors (Lipinski definition) is 1. The standard InChI is InChI=1S/C25H33NO5.C23H29NO5.Na.H2O/c1-4-28-24(27)25(11-12-25)16-30-21-10-6-9-20(14-21)29-15-22-18(3)31-23(26-22)19-8-5-7-17(2)13-19;1-15-5-3-6-17(11-15)21-24-20(16(2)29-21)13-27-18-7-4-8-19(12-18)28-14-23(9-10-23)22(25)26;;/h5,7-8,13,20-21H,4,6,9-12,14-16H2,1-3H3;3,5-6,11,18-19H,4,7-10,12-14H2,1-2H3,(H,25,26);;1H2/q;;+1;/p-1/t20-,21+;18-,19+;;/m00../s1. The Morgan fingerprint density at radius 3 is 1.48 bits per heavy atom. The van der Waals surface area contributed by atoms with Crippen LogP contribution in [0.5, 0.6) is 0 Å². The molecule has 4 aliphatic carbocycles. The second kappa shape index (κ2) is 22.5. The van der Waals surface area contributed by atoms with Crippen LogP contribution in [0.4, 0.5) is 0 Å². The second-order valence-corrected chi connectivity index (χ2v) is 17.4. The van der Waals surface area contributed by atoms with Crippen molar-refractivity contribution in [1.29, 1.82) is 0 Å². The zero-order valence-corrected chi connectivity index (χ0v) is 39.4. The van der Waals surface area contributed by atoms with Crippen LogP contribution in [-0.2, 0) is 46.5 Å². The van der Waals surface area contributed by atoms with E-state index in [9.17, 15) is 14.7 Å². The number of hydrogen-bond acceptors (Lipinski definition) is 12. The van der Waals surface area contributed by atoms with Crippen LogP contribution in [0.2, 0.25) is 0 Å². The normalized spacial score (nSPS) is 22.0. The van der Waals surface area contributed by atoms with Crippen molar-refractivity contribution in [2.24, 2.45) is 10.8 Å². The summed E-state index contributed by atoms with van der Waals surface area (Å²) in [4.78, 5) is 32.7. The molecule has 4 atom stereocenters. The van der Waals surface area contributed by atoms with Crippen molar-refractivity contribution in [3.8, 4) is 22.9 Å². The van der Waals surface area contributed by atoms with Gasteiger partial charge in [0.2, 0.25) is 11.8 Å². The third-order valence-corrected chi connectivity index (χ3v) is 12.4. The van der Waals surface area contributed by atoms with Gasteiger partial charge in [-0.05, 0) is 136 Å². The molecular weight excluding hydrogens is 804 g/mol. The Labute approximate surface area is 387 Å². The molecule has 0 unspecified atom stereocenters. The predicted molar refractivity (Wildman–Crippen MR) is 226 cm³/mol. The molecule has 0 saturated heterocycles. The van der Waals surface area contributed by atoms with Crippen LogP contribution in [0.3, 0.4) is 0 Å². The van der Waals surface area contributed by atoms with Gasteiger partial charge in [0.05, 0.1) is 68.3 Å². The van der Waals surface area contributed by atoms with Crippen molar-refractivity contribution in [3.05, 3.63) is 82.6 Å². The quantitative estimate of drug-likeness (QED) is 0.0882. The van der Waals surface area contributed by atoms with E-state index in [1.54, 1.807) is 0 Å². The number of aromatic nitrogens is 2. The average Bonchev–Trinajstić information content (AvgIpc) is 4.15. The summed E-state index contributed by atoms with van der Waals surface area (Å²) in [7, 11) is 0. The minimum Gasteiger partial charge on any atom is -0.870 e. The third kappa shape index (κ3) is 13.1. The van der Waals surface area contributed by atoms with E-state index in [1.165, 1.54) is 11.1 Å². The summed E-state index contributed by atoms with van der Waals surface area (Å²) in [5.74, 6) is 2.00. The molecule has 4 aliphatic rings. The number of carboxylic acids is 1. The van der Waals surface area contributed by atoms with Gasteiger partial charge in [-0.2, -0.15) is 0 Å². The average molecular weight is 867 g/mol. The number of oxazole rings is 2. The molecule has 0 amide bonds. The second-order valence-electron chi connectivity index (χ2n) is 17.4. The van der Waals surface area contributed by atoms with Gasteiger partial charge in [-0.15, -0.1) is 0 Å². The summed E-state index contributed by atoms with van der Waals surface area (Å²) in [5.41, 5.74) is 4.95. The molecule has 2 N–H and O–H groups in total. The molecule has 4 saturated carbocycles. The summed E-state index contributed by atoms with van der Waals surface area (Å²) in [6.07, 6.45) is 11.4. The first-order valence-electron chi connectivity index (χ1n) is 21.9. The van der Waals surface area contributed by atoms with Crippen molar-refractivity contribution in [2.45, 2.75) is 149 Å². The van der Waals surface area contributed by atoms with Crippen LogP contribution in [0.15, 0.2) is 57.4 Å². The molecule has 332 valence electrons. The third-order valence-electron chi connectivity index (χ3n) is 12.4. The van der Waals surface area contributed by atoms with E-state index < -0.39 is 16.8 Å². The molecule has 4 aromatic rings. The molecule has 13 nitrogen and oxygen atoms in total. The van der Waals surface area contributed by atoms with Crippen LogP contribution in [0, 0.1) is 38.5 Å². The molecule has 0 aliphatic heterocycles. The largest absolute Gasteiger partial charge is 1.00 e. The number of esters is 1. The first-order valence-corrected chi connectivity index (χ1v) is 21.9. The van der Waals surface area contributed by atoms with E-state index >= 15 is 0 Å². The van der Waals surface area contributed by atoms with Crippen LogP contribution < -0.4 is 29.6 Å². The monoisotopic (exact) mass is 866 g/mol. The SMILES string of the molecule is CCOC(=O)C1(CO[C@@H]2CCC[C@H](OCc3nc(-c4cccc(C)c4)oc3C)C2)CC1.Cc1cccc(-c2nc(CO[C@H]3CCC[C@@H](OCC4(C(=O)O)CC4)C3)c(C)o2)c1.[Na+].[OH-]. The number of aryl methyl sites for hydroxylation is 4. The Morgan fingerprint density at radius 1 is 0.677 bits per heavy atom. The summed E-state index contributed by atoms with van der Waals surface area (Å²) in [6.45, 7) is 11.9. The van der Waals surface area contributed by atoms with E-state index in [-0.39, 0.29) is 65.4 Å². The summed E-state index contributed by atoms with van der Waals surface area (Å²) >= 11 is 0. The fourth-order valence-corrected chi connectivity index (χ4v) is 8.10. The van der Waals surface area contributed by atoms with E-state index in [4.69, 9.17) is 32.5 Å². The molecule has 2 aromatic carbocycles. The van der Waals surface area contributed by atoms with Crippen LogP contribution in [0.25, 0.3) is 22.9 Å². The van der Waals surface area contributed by atoms with Crippen LogP contribution in [-0.4, -0.2) is 76.7 Å². The Hall–Kier alpha value is -3.40. The number of carbonyl (C=O) groups excluding carboxylic acids is 1. The molecule has 0 bridgehead atoms. The van der Waals surface area contributed by atoms with Gasteiger partial charge in [-0.3, -0.25) is 9.59 Å². The van der Waals surface area contributed by atoms with Gasteiger partial charge in [0, 0.05) is 11.1 Å². The molecule has 2 heterocycles. The Bertz CT molecular complexity index is 2070. The Morgan fingerprint density at radius 2 is 1.10 bits per heavy atom. The van der Waals surface area contributed by atoms with Gasteiger partial charge in [0.25, 0.3) is 0 Å². The maximum absolute atomic E-state index is 12.1. The number of ether oxygens (including phenoxy) is 5. The maximum Gasteiger partial charge on any atom is 1.00 e. The van der Waals surface area contributed by atoms with Crippen molar-refractivity contribution in [1.82, 2.24) is 9.97 Å². The van der Waals surface area contributed by atoms with E-state index in [0.29, 0.717) is 44.8 Å². The molecule has 14 heteroatoms. The number of nitrogens with zero attached hydrogens (tertiary/aromatic N) is 2. The van der Waals surface area contributed by atoms with Gasteiger partial charge in [-0.25, -0.2) is 9.97 Å². The summed E-state index contributed by atoms with van der Waals surface area (Å²) in [6, 6.07) is 16.2. The summed E-state index contributed by atoms with van der Waals surface area (Å²) in [5, 5.41) is 9.30. The predicted octanol–water partition coefficient (Wildman–Crippen LogP) is 6.64. The number of rotatable bonds is 17. The topological polar surface area (TPSA) is 183 Å². The van der Waals surface area contributed by atoms with Crippen LogP contribution in [0.1, 0.15) is 118 Å². The smallest absolute Gasteiger partial charge is 0.870 e. The summed E-state index contributed by atoms with van der Waals surface area (Å²) < 4.78 is 41.4. The maximum atomic E-state index is 12.1. The zero-order chi connectivity index (χ0) is 42.3. The van der Waals surface area contributed by atoms with Gasteiger partial charge >= 0.3 is 41.5 Å². The fraction of sp³-hybridized carbons (Fsp3) is 0.583. The minimum atomic E-state index is -0.730. The Balaban J connectivity index is 0.000000227. The van der Waals surface area contributed by atoms with Crippen molar-refractivity contribution in [2.75, 3.05) is 19.8 Å². The van der Waals surface area contributed by atoms with Crippen molar-refractivity contribution < 1.29 is 82.2 Å². The van der Waals surface area contributed by atoms with Gasteiger partial charge in [-0.1, -0.05) is 35.4 Å². The van der Waals surface area contributed by atoms with Crippen molar-refractivity contribution >= 4 is 11.9 Å². The first kappa shape index (κ1) is 49.6. The number of benzene rings is 2. The minimum absolute atomic E-state index is 0. The van der Waals surface area contributed by atoms with Crippen LogP contribution >= 0.6 is 0 Å². The molecule has 0 radical (unpaired) electrons. The molecule has 4 fully saturated rings. The number of carboxylic acid groups (broad SMARTS) is 1. The molecule has 62 heavy (non-hydrogen) atoms. The van der Waals surface area contributed by atoms with E-state index in [2.05, 4.69) is 35.1 Å². The van der Waals surface area contributed by atoms with Gasteiger partial charge < -0.3 is 43.1 Å².